The lowest BCUT2D eigenvalue weighted by molar-refractivity contribution is 0.562. The maximum absolute atomic E-state index is 10.3. The zero-order chi connectivity index (χ0) is 8.27. The minimum absolute atomic E-state index is 0.669. The molecule has 0 unspecified atom stereocenters. The van der Waals surface area contributed by atoms with Gasteiger partial charge in [0.2, 0.25) is 6.29 Å². The van der Waals surface area contributed by atoms with E-state index < -0.39 is 0 Å². The molecule has 0 amide bonds. The van der Waals surface area contributed by atoms with Gasteiger partial charge >= 0.3 is 0 Å². The van der Waals surface area contributed by atoms with E-state index in [9.17, 15) is 4.79 Å². The SMILES string of the molecule is CCc1ccc([C]=O)c(C)c1. The molecule has 0 saturated carbocycles. The van der Waals surface area contributed by atoms with Crippen LogP contribution in [0.5, 0.6) is 0 Å². The molecule has 1 aromatic rings. The summed E-state index contributed by atoms with van der Waals surface area (Å²) in [6, 6.07) is 5.81. The Hall–Kier alpha value is -1.11. The van der Waals surface area contributed by atoms with Crippen LogP contribution < -0.4 is 0 Å². The molecule has 0 aromatic heterocycles. The molecule has 0 spiro atoms. The molecule has 0 fully saturated rings. The van der Waals surface area contributed by atoms with Crippen molar-refractivity contribution < 1.29 is 4.79 Å². The van der Waals surface area contributed by atoms with Crippen molar-refractivity contribution in [3.8, 4) is 0 Å². The minimum atomic E-state index is 0.669. The van der Waals surface area contributed by atoms with Crippen LogP contribution in [0, 0.1) is 6.92 Å². The normalized spacial score (nSPS) is 9.64. The molecule has 11 heavy (non-hydrogen) atoms. The first-order valence-electron chi connectivity index (χ1n) is 3.75. The lowest BCUT2D eigenvalue weighted by Gasteiger charge is -1.99. The van der Waals surface area contributed by atoms with E-state index in [-0.39, 0.29) is 0 Å². The highest BCUT2D eigenvalue weighted by Gasteiger charge is 1.97. The molecule has 1 radical (unpaired) electrons. The molecule has 1 heteroatoms. The first-order chi connectivity index (χ1) is 5.27. The summed E-state index contributed by atoms with van der Waals surface area (Å²) in [4.78, 5) is 10.3. The Balaban J connectivity index is 3.09. The fourth-order valence-corrected chi connectivity index (χ4v) is 1.06. The Morgan fingerprint density at radius 3 is 2.64 bits per heavy atom. The molecule has 0 aliphatic rings. The van der Waals surface area contributed by atoms with Gasteiger partial charge in [0.15, 0.2) is 0 Å². The van der Waals surface area contributed by atoms with Crippen LogP contribution in [0.3, 0.4) is 0 Å². The monoisotopic (exact) mass is 147 g/mol. The largest absolute Gasteiger partial charge is 0.285 e. The van der Waals surface area contributed by atoms with Crippen LogP contribution in [0.25, 0.3) is 0 Å². The highest BCUT2D eigenvalue weighted by atomic mass is 16.1. The van der Waals surface area contributed by atoms with Crippen molar-refractivity contribution in [2.75, 3.05) is 0 Å². The standard InChI is InChI=1S/C10H11O/c1-3-9-4-5-10(7-11)8(2)6-9/h4-6H,3H2,1-2H3. The summed E-state index contributed by atoms with van der Waals surface area (Å²) in [7, 11) is 0. The minimum Gasteiger partial charge on any atom is -0.285 e. The number of carbonyl (C=O) groups excluding carboxylic acids is 1. The molecule has 1 aromatic carbocycles. The third-order valence-electron chi connectivity index (χ3n) is 1.81. The molecule has 0 atom stereocenters. The molecule has 1 nitrogen and oxygen atoms in total. The van der Waals surface area contributed by atoms with Gasteiger partial charge in [-0.3, -0.25) is 4.79 Å². The summed E-state index contributed by atoms with van der Waals surface area (Å²) in [5, 5.41) is 0. The molecular formula is C10H11O. The summed E-state index contributed by atoms with van der Waals surface area (Å²) < 4.78 is 0. The van der Waals surface area contributed by atoms with Gasteiger partial charge < -0.3 is 0 Å². The number of aryl methyl sites for hydroxylation is 2. The van der Waals surface area contributed by atoms with Crippen molar-refractivity contribution >= 4 is 6.29 Å². The van der Waals surface area contributed by atoms with Crippen LogP contribution >= 0.6 is 0 Å². The lowest BCUT2D eigenvalue weighted by Crippen LogP contribution is -1.88. The number of benzene rings is 1. The van der Waals surface area contributed by atoms with Crippen LogP contribution in [0.4, 0.5) is 0 Å². The third-order valence-corrected chi connectivity index (χ3v) is 1.81. The van der Waals surface area contributed by atoms with E-state index >= 15 is 0 Å². The van der Waals surface area contributed by atoms with Crippen molar-refractivity contribution in [2.24, 2.45) is 0 Å². The summed E-state index contributed by atoms with van der Waals surface area (Å²) >= 11 is 0. The van der Waals surface area contributed by atoms with Crippen LogP contribution in [-0.2, 0) is 11.2 Å². The van der Waals surface area contributed by atoms with E-state index in [1.165, 1.54) is 5.56 Å². The van der Waals surface area contributed by atoms with Crippen molar-refractivity contribution in [3.05, 3.63) is 34.9 Å². The van der Waals surface area contributed by atoms with E-state index in [1.807, 2.05) is 31.4 Å². The van der Waals surface area contributed by atoms with Crippen LogP contribution in [-0.4, -0.2) is 6.29 Å². The van der Waals surface area contributed by atoms with E-state index in [0.29, 0.717) is 5.56 Å². The van der Waals surface area contributed by atoms with Gasteiger partial charge in [0, 0.05) is 5.56 Å². The Kier molecular flexibility index (Phi) is 2.42. The smallest absolute Gasteiger partial charge is 0.233 e. The molecule has 0 aliphatic carbocycles. The third kappa shape index (κ3) is 1.67. The molecule has 0 aliphatic heterocycles. The van der Waals surface area contributed by atoms with Crippen molar-refractivity contribution in [1.29, 1.82) is 0 Å². The molecular weight excluding hydrogens is 136 g/mol. The Bertz CT molecular complexity index is 264. The zero-order valence-corrected chi connectivity index (χ0v) is 6.85. The molecule has 57 valence electrons. The summed E-state index contributed by atoms with van der Waals surface area (Å²) in [6.45, 7) is 4.03. The van der Waals surface area contributed by atoms with E-state index in [1.54, 1.807) is 0 Å². The molecule has 0 bridgehead atoms. The van der Waals surface area contributed by atoms with E-state index in [2.05, 4.69) is 6.92 Å². The molecule has 0 saturated heterocycles. The van der Waals surface area contributed by atoms with Gasteiger partial charge in [-0.1, -0.05) is 25.1 Å². The Morgan fingerprint density at radius 1 is 1.45 bits per heavy atom. The van der Waals surface area contributed by atoms with Gasteiger partial charge in [0.25, 0.3) is 0 Å². The predicted octanol–water partition coefficient (Wildman–Crippen LogP) is 2.02. The summed E-state index contributed by atoms with van der Waals surface area (Å²) in [5.41, 5.74) is 2.95. The second-order valence-corrected chi connectivity index (χ2v) is 2.60. The molecule has 0 heterocycles. The van der Waals surface area contributed by atoms with Crippen LogP contribution in [0.15, 0.2) is 18.2 Å². The second kappa shape index (κ2) is 3.33. The summed E-state index contributed by atoms with van der Waals surface area (Å²) in [5.74, 6) is 0. The average Bonchev–Trinajstić information content (AvgIpc) is 2.04. The highest BCUT2D eigenvalue weighted by Crippen LogP contribution is 2.08. The number of hydrogen-bond donors (Lipinski definition) is 0. The van der Waals surface area contributed by atoms with Crippen LogP contribution in [0.2, 0.25) is 0 Å². The fourth-order valence-electron chi connectivity index (χ4n) is 1.06. The summed E-state index contributed by atoms with van der Waals surface area (Å²) in [6.07, 6.45) is 2.91. The maximum Gasteiger partial charge on any atom is 0.233 e. The van der Waals surface area contributed by atoms with E-state index in [4.69, 9.17) is 0 Å². The molecule has 1 rings (SSSR count). The van der Waals surface area contributed by atoms with Crippen molar-refractivity contribution in [2.45, 2.75) is 20.3 Å². The van der Waals surface area contributed by atoms with Gasteiger partial charge in [0.1, 0.15) is 0 Å². The molecule has 0 N–H and O–H groups in total. The first-order valence-corrected chi connectivity index (χ1v) is 3.75. The van der Waals surface area contributed by atoms with Gasteiger partial charge in [-0.25, -0.2) is 0 Å². The van der Waals surface area contributed by atoms with E-state index in [0.717, 1.165) is 12.0 Å². The predicted molar refractivity (Wildman–Crippen MR) is 45.4 cm³/mol. The fraction of sp³-hybridized carbons (Fsp3) is 0.300. The average molecular weight is 147 g/mol. The maximum atomic E-state index is 10.3. The second-order valence-electron chi connectivity index (χ2n) is 2.60. The topological polar surface area (TPSA) is 17.1 Å². The van der Waals surface area contributed by atoms with Crippen molar-refractivity contribution in [3.63, 3.8) is 0 Å². The van der Waals surface area contributed by atoms with Gasteiger partial charge in [-0.05, 0) is 24.5 Å². The Morgan fingerprint density at radius 2 is 2.18 bits per heavy atom. The van der Waals surface area contributed by atoms with Gasteiger partial charge in [0.05, 0.1) is 0 Å². The quantitative estimate of drug-likeness (QED) is 0.625. The Labute approximate surface area is 67.1 Å². The highest BCUT2D eigenvalue weighted by molar-refractivity contribution is 5.77. The lowest BCUT2D eigenvalue weighted by atomic mass is 10.0. The first kappa shape index (κ1) is 7.99. The zero-order valence-electron chi connectivity index (χ0n) is 6.85. The van der Waals surface area contributed by atoms with Gasteiger partial charge in [-0.15, -0.1) is 0 Å². The van der Waals surface area contributed by atoms with Crippen molar-refractivity contribution in [1.82, 2.24) is 0 Å². The number of hydrogen-bond acceptors (Lipinski definition) is 1. The number of rotatable bonds is 2. The van der Waals surface area contributed by atoms with Gasteiger partial charge in [-0.2, -0.15) is 0 Å². The van der Waals surface area contributed by atoms with Crippen LogP contribution in [0.1, 0.15) is 23.6 Å².